The summed E-state index contributed by atoms with van der Waals surface area (Å²) in [7, 11) is 0. The molecule has 0 aliphatic carbocycles. The summed E-state index contributed by atoms with van der Waals surface area (Å²) in [5, 5.41) is 5.34. The lowest BCUT2D eigenvalue weighted by Crippen LogP contribution is -2.39. The molecule has 1 aliphatic heterocycles. The zero-order valence-electron chi connectivity index (χ0n) is 12.4. The number of carbonyl (C=O) groups excluding carboxylic acids is 2. The number of ether oxygens (including phenoxy) is 1. The van der Waals surface area contributed by atoms with Crippen LogP contribution in [0.15, 0.2) is 42.5 Å². The molecule has 2 aromatic rings. The molecule has 118 valence electrons. The summed E-state index contributed by atoms with van der Waals surface area (Å²) in [5.74, 6) is -0.593. The van der Waals surface area contributed by atoms with Gasteiger partial charge in [-0.05, 0) is 48.9 Å². The van der Waals surface area contributed by atoms with Crippen LogP contribution in [0.5, 0.6) is 5.75 Å². The zero-order valence-corrected chi connectivity index (χ0v) is 12.4. The standard InChI is InChI=1S/C17H15FN2O3/c1-10-2-7-14-13(8-10)20-17(22)15(23-14)9-16(21)19-12-5-3-11(18)4-6-12/h2-8,15H,9H2,1H3,(H,19,21)(H,20,22)/t15-/m1/s1. The van der Waals surface area contributed by atoms with Gasteiger partial charge in [0.25, 0.3) is 5.91 Å². The third-order valence-corrected chi connectivity index (χ3v) is 3.45. The molecule has 0 saturated carbocycles. The summed E-state index contributed by atoms with van der Waals surface area (Å²) in [6, 6.07) is 10.8. The van der Waals surface area contributed by atoms with E-state index in [-0.39, 0.29) is 24.1 Å². The van der Waals surface area contributed by atoms with Crippen molar-refractivity contribution < 1.29 is 18.7 Å². The Hall–Kier alpha value is -2.89. The molecule has 1 atom stereocenters. The highest BCUT2D eigenvalue weighted by atomic mass is 19.1. The van der Waals surface area contributed by atoms with Crippen LogP contribution in [0.4, 0.5) is 15.8 Å². The topological polar surface area (TPSA) is 67.4 Å². The van der Waals surface area contributed by atoms with Gasteiger partial charge in [0.15, 0.2) is 6.10 Å². The molecule has 6 heteroatoms. The number of fused-ring (bicyclic) bond motifs is 1. The Bertz CT molecular complexity index is 759. The second kappa shape index (κ2) is 6.08. The first-order chi connectivity index (χ1) is 11.0. The highest BCUT2D eigenvalue weighted by molar-refractivity contribution is 6.02. The summed E-state index contributed by atoms with van der Waals surface area (Å²) in [4.78, 5) is 24.0. The highest BCUT2D eigenvalue weighted by Crippen LogP contribution is 2.31. The summed E-state index contributed by atoms with van der Waals surface area (Å²) in [6.07, 6.45) is -1.03. The van der Waals surface area contributed by atoms with Crippen molar-refractivity contribution in [3.05, 3.63) is 53.8 Å². The summed E-state index contributed by atoms with van der Waals surface area (Å²) in [6.45, 7) is 1.91. The summed E-state index contributed by atoms with van der Waals surface area (Å²) < 4.78 is 18.4. The van der Waals surface area contributed by atoms with Gasteiger partial charge in [-0.1, -0.05) is 6.07 Å². The molecule has 2 N–H and O–H groups in total. The van der Waals surface area contributed by atoms with Crippen molar-refractivity contribution in [2.75, 3.05) is 10.6 Å². The molecule has 0 fully saturated rings. The van der Waals surface area contributed by atoms with E-state index < -0.39 is 6.10 Å². The molecule has 0 saturated heterocycles. The summed E-state index contributed by atoms with van der Waals surface area (Å²) >= 11 is 0. The maximum Gasteiger partial charge on any atom is 0.266 e. The van der Waals surface area contributed by atoms with Crippen LogP contribution < -0.4 is 15.4 Å². The lowest BCUT2D eigenvalue weighted by Gasteiger charge is -2.25. The van der Waals surface area contributed by atoms with Gasteiger partial charge in [0.05, 0.1) is 12.1 Å². The van der Waals surface area contributed by atoms with Crippen LogP contribution in [-0.2, 0) is 9.59 Å². The molecule has 1 heterocycles. The van der Waals surface area contributed by atoms with Gasteiger partial charge in [0.1, 0.15) is 11.6 Å². The summed E-state index contributed by atoms with van der Waals surface area (Å²) in [5.41, 5.74) is 2.06. The van der Waals surface area contributed by atoms with Crippen molar-refractivity contribution in [3.8, 4) is 5.75 Å². The average Bonchev–Trinajstić information content (AvgIpc) is 2.50. The second-order valence-corrected chi connectivity index (χ2v) is 5.35. The predicted octanol–water partition coefficient (Wildman–Crippen LogP) is 2.86. The minimum Gasteiger partial charge on any atom is -0.478 e. The number of halogens is 1. The largest absolute Gasteiger partial charge is 0.478 e. The molecule has 0 bridgehead atoms. The van der Waals surface area contributed by atoms with E-state index in [0.717, 1.165) is 5.56 Å². The van der Waals surface area contributed by atoms with Gasteiger partial charge in [-0.15, -0.1) is 0 Å². The van der Waals surface area contributed by atoms with Crippen molar-refractivity contribution >= 4 is 23.2 Å². The Morgan fingerprint density at radius 3 is 2.74 bits per heavy atom. The quantitative estimate of drug-likeness (QED) is 0.915. The van der Waals surface area contributed by atoms with E-state index in [1.807, 2.05) is 19.1 Å². The fraction of sp³-hybridized carbons (Fsp3) is 0.176. The van der Waals surface area contributed by atoms with Crippen molar-refractivity contribution in [1.29, 1.82) is 0 Å². The third-order valence-electron chi connectivity index (χ3n) is 3.45. The first-order valence-corrected chi connectivity index (χ1v) is 7.15. The van der Waals surface area contributed by atoms with E-state index in [1.165, 1.54) is 24.3 Å². The number of amides is 2. The molecule has 23 heavy (non-hydrogen) atoms. The Labute approximate surface area is 132 Å². The maximum absolute atomic E-state index is 12.8. The number of carbonyl (C=O) groups is 2. The number of hydrogen-bond donors (Lipinski definition) is 2. The van der Waals surface area contributed by atoms with E-state index in [2.05, 4.69) is 10.6 Å². The van der Waals surface area contributed by atoms with E-state index in [4.69, 9.17) is 4.74 Å². The third kappa shape index (κ3) is 3.48. The van der Waals surface area contributed by atoms with Crippen LogP contribution in [-0.4, -0.2) is 17.9 Å². The lowest BCUT2D eigenvalue weighted by atomic mass is 10.1. The molecule has 3 rings (SSSR count). The molecule has 0 unspecified atom stereocenters. The van der Waals surface area contributed by atoms with Crippen molar-refractivity contribution in [1.82, 2.24) is 0 Å². The Balaban J connectivity index is 1.66. The van der Waals surface area contributed by atoms with Gasteiger partial charge in [-0.2, -0.15) is 0 Å². The number of anilines is 2. The van der Waals surface area contributed by atoms with Gasteiger partial charge in [-0.3, -0.25) is 9.59 Å². The molecule has 0 radical (unpaired) electrons. The van der Waals surface area contributed by atoms with E-state index in [1.54, 1.807) is 6.07 Å². The fourth-order valence-corrected chi connectivity index (χ4v) is 2.31. The number of rotatable bonds is 3. The number of hydrogen-bond acceptors (Lipinski definition) is 3. The second-order valence-electron chi connectivity index (χ2n) is 5.35. The van der Waals surface area contributed by atoms with Crippen LogP contribution in [0.25, 0.3) is 0 Å². The van der Waals surface area contributed by atoms with Crippen LogP contribution in [0, 0.1) is 12.7 Å². The van der Waals surface area contributed by atoms with Crippen LogP contribution in [0.2, 0.25) is 0 Å². The van der Waals surface area contributed by atoms with Crippen LogP contribution in [0.1, 0.15) is 12.0 Å². The minimum absolute atomic E-state index is 0.128. The molecule has 2 amide bonds. The number of benzene rings is 2. The minimum atomic E-state index is -0.898. The molecule has 5 nitrogen and oxygen atoms in total. The first kappa shape index (κ1) is 15.0. The number of aryl methyl sites for hydroxylation is 1. The molecule has 2 aromatic carbocycles. The molecule has 1 aliphatic rings. The normalized spacial score (nSPS) is 16.1. The fourth-order valence-electron chi connectivity index (χ4n) is 2.31. The van der Waals surface area contributed by atoms with E-state index in [0.29, 0.717) is 17.1 Å². The number of nitrogens with one attached hydrogen (secondary N) is 2. The van der Waals surface area contributed by atoms with Crippen molar-refractivity contribution in [3.63, 3.8) is 0 Å². The Morgan fingerprint density at radius 2 is 2.00 bits per heavy atom. The Morgan fingerprint density at radius 1 is 1.26 bits per heavy atom. The lowest BCUT2D eigenvalue weighted by molar-refractivity contribution is -0.128. The monoisotopic (exact) mass is 314 g/mol. The first-order valence-electron chi connectivity index (χ1n) is 7.15. The van der Waals surface area contributed by atoms with Crippen LogP contribution in [0.3, 0.4) is 0 Å². The smallest absolute Gasteiger partial charge is 0.266 e. The van der Waals surface area contributed by atoms with E-state index >= 15 is 0 Å². The molecular weight excluding hydrogens is 299 g/mol. The van der Waals surface area contributed by atoms with E-state index in [9.17, 15) is 14.0 Å². The highest BCUT2D eigenvalue weighted by Gasteiger charge is 2.29. The van der Waals surface area contributed by atoms with Crippen molar-refractivity contribution in [2.24, 2.45) is 0 Å². The maximum atomic E-state index is 12.8. The van der Waals surface area contributed by atoms with Gasteiger partial charge in [0, 0.05) is 5.69 Å². The Kier molecular flexibility index (Phi) is 3.97. The van der Waals surface area contributed by atoms with Crippen molar-refractivity contribution in [2.45, 2.75) is 19.4 Å². The zero-order chi connectivity index (χ0) is 16.4. The van der Waals surface area contributed by atoms with Crippen LogP contribution >= 0.6 is 0 Å². The molecular formula is C17H15FN2O3. The van der Waals surface area contributed by atoms with Gasteiger partial charge in [-0.25, -0.2) is 4.39 Å². The average molecular weight is 314 g/mol. The van der Waals surface area contributed by atoms with Gasteiger partial charge < -0.3 is 15.4 Å². The molecule has 0 spiro atoms. The van der Waals surface area contributed by atoms with Gasteiger partial charge >= 0.3 is 0 Å². The SMILES string of the molecule is Cc1ccc2c(c1)NC(=O)[C@@H](CC(=O)Nc1ccc(F)cc1)O2. The molecule has 0 aromatic heterocycles. The van der Waals surface area contributed by atoms with Gasteiger partial charge in [0.2, 0.25) is 5.91 Å². The predicted molar refractivity (Wildman–Crippen MR) is 83.9 cm³/mol.